The van der Waals surface area contributed by atoms with E-state index in [2.05, 4.69) is 15.1 Å². The third kappa shape index (κ3) is 3.88. The zero-order valence-electron chi connectivity index (χ0n) is 18.5. The smallest absolute Gasteiger partial charge is 0.264 e. The number of rotatable bonds is 5. The van der Waals surface area contributed by atoms with E-state index in [1.54, 1.807) is 12.1 Å². The summed E-state index contributed by atoms with van der Waals surface area (Å²) in [5.74, 6) is -1.98. The Kier molecular flexibility index (Phi) is 5.70. The highest BCUT2D eigenvalue weighted by Crippen LogP contribution is 2.34. The lowest BCUT2D eigenvalue weighted by Gasteiger charge is -2.36. The molecule has 3 aliphatic heterocycles. The van der Waals surface area contributed by atoms with E-state index in [4.69, 9.17) is 0 Å². The van der Waals surface area contributed by atoms with Gasteiger partial charge in [-0.3, -0.25) is 39.1 Å². The first-order valence-electron chi connectivity index (χ1n) is 11.3. The number of nitrogens with zero attached hydrogens (tertiary/aromatic N) is 3. The fourth-order valence-electron chi connectivity index (χ4n) is 4.87. The van der Waals surface area contributed by atoms with Crippen LogP contribution in [-0.4, -0.2) is 71.9 Å². The van der Waals surface area contributed by atoms with Gasteiger partial charge in [-0.1, -0.05) is 30.3 Å². The second-order valence-electron chi connectivity index (χ2n) is 8.77. The molecule has 9 heteroatoms. The van der Waals surface area contributed by atoms with E-state index in [1.165, 1.54) is 0 Å². The van der Waals surface area contributed by atoms with Crippen LogP contribution in [0.2, 0.25) is 0 Å². The van der Waals surface area contributed by atoms with Gasteiger partial charge in [-0.15, -0.1) is 0 Å². The van der Waals surface area contributed by atoms with E-state index >= 15 is 0 Å². The highest BCUT2D eigenvalue weighted by molar-refractivity contribution is 6.25. The molecule has 174 valence electrons. The lowest BCUT2D eigenvalue weighted by Crippen LogP contribution is -2.54. The first-order chi connectivity index (χ1) is 16.5. The van der Waals surface area contributed by atoms with Gasteiger partial charge < -0.3 is 4.90 Å². The lowest BCUT2D eigenvalue weighted by atomic mass is 10.0. The number of hydrogen-bond acceptors (Lipinski definition) is 7. The maximum absolute atomic E-state index is 13.3. The average Bonchev–Trinajstić information content (AvgIpc) is 3.10. The topological polar surface area (TPSA) is 107 Å². The Morgan fingerprint density at radius 3 is 2.32 bits per heavy atom. The highest BCUT2D eigenvalue weighted by Gasteiger charge is 2.46. The minimum Gasteiger partial charge on any atom is -0.368 e. The van der Waals surface area contributed by atoms with Crippen molar-refractivity contribution in [1.29, 1.82) is 0 Å². The van der Waals surface area contributed by atoms with Crippen LogP contribution in [0.4, 0.5) is 5.69 Å². The quantitative estimate of drug-likeness (QED) is 0.528. The second kappa shape index (κ2) is 8.83. The van der Waals surface area contributed by atoms with Gasteiger partial charge in [0.25, 0.3) is 11.8 Å². The van der Waals surface area contributed by atoms with Gasteiger partial charge in [-0.05, 0) is 24.1 Å². The Morgan fingerprint density at radius 1 is 0.912 bits per heavy atom. The third-order valence-electron chi connectivity index (χ3n) is 6.68. The zero-order chi connectivity index (χ0) is 23.8. The summed E-state index contributed by atoms with van der Waals surface area (Å²) in [5, 5.41) is 2.23. The molecule has 0 spiro atoms. The summed E-state index contributed by atoms with van der Waals surface area (Å²) < 4.78 is 0. The molecule has 2 fully saturated rings. The standard InChI is InChI=1S/C25H24N4O5/c30-15-17-6-4-16(5-7-17)14-27-10-12-28(13-11-27)19-3-1-2-18-22(19)25(34)29(24(18)33)20-8-9-21(31)26-23(20)32/h1-7,15,20H,8-14H2,(H,26,31,32). The summed E-state index contributed by atoms with van der Waals surface area (Å²) in [7, 11) is 0. The molecule has 0 saturated carbocycles. The number of imide groups is 2. The van der Waals surface area contributed by atoms with Gasteiger partial charge in [0, 0.05) is 44.7 Å². The van der Waals surface area contributed by atoms with Crippen LogP contribution in [-0.2, 0) is 16.1 Å². The van der Waals surface area contributed by atoms with Gasteiger partial charge >= 0.3 is 0 Å². The number of amides is 4. The largest absolute Gasteiger partial charge is 0.368 e. The number of anilines is 1. The molecule has 1 atom stereocenters. The first-order valence-corrected chi connectivity index (χ1v) is 11.3. The molecule has 0 aliphatic carbocycles. The maximum Gasteiger partial charge on any atom is 0.264 e. The summed E-state index contributed by atoms with van der Waals surface area (Å²) in [6.45, 7) is 3.68. The predicted molar refractivity (Wildman–Crippen MR) is 122 cm³/mol. The maximum atomic E-state index is 13.3. The van der Waals surface area contributed by atoms with Gasteiger partial charge in [-0.25, -0.2) is 0 Å². The fourth-order valence-corrected chi connectivity index (χ4v) is 4.87. The minimum atomic E-state index is -0.972. The van der Waals surface area contributed by atoms with Crippen molar-refractivity contribution in [1.82, 2.24) is 15.1 Å². The number of fused-ring (bicyclic) bond motifs is 1. The summed E-state index contributed by atoms with van der Waals surface area (Å²) in [4.78, 5) is 66.5. The van der Waals surface area contributed by atoms with Gasteiger partial charge in [0.05, 0.1) is 16.8 Å². The van der Waals surface area contributed by atoms with Crippen molar-refractivity contribution >= 4 is 35.6 Å². The van der Waals surface area contributed by atoms with Crippen molar-refractivity contribution in [3.8, 4) is 0 Å². The normalized spacial score (nSPS) is 21.0. The van der Waals surface area contributed by atoms with Crippen LogP contribution in [0.25, 0.3) is 0 Å². The van der Waals surface area contributed by atoms with E-state index in [1.807, 2.05) is 30.3 Å². The summed E-state index contributed by atoms with van der Waals surface area (Å²) in [6.07, 6.45) is 1.06. The number of benzene rings is 2. The Bertz CT molecular complexity index is 1180. The van der Waals surface area contributed by atoms with Crippen molar-refractivity contribution in [3.63, 3.8) is 0 Å². The van der Waals surface area contributed by atoms with Crippen LogP contribution in [0, 0.1) is 0 Å². The summed E-state index contributed by atoms with van der Waals surface area (Å²) >= 11 is 0. The molecule has 34 heavy (non-hydrogen) atoms. The zero-order valence-corrected chi connectivity index (χ0v) is 18.5. The van der Waals surface area contributed by atoms with Gasteiger partial charge in [0.15, 0.2) is 0 Å². The summed E-state index contributed by atoms with van der Waals surface area (Å²) in [5.41, 5.74) is 3.10. The van der Waals surface area contributed by atoms with Crippen molar-refractivity contribution in [3.05, 3.63) is 64.7 Å². The molecule has 0 bridgehead atoms. The second-order valence-corrected chi connectivity index (χ2v) is 8.77. The number of nitrogens with one attached hydrogen (secondary N) is 1. The molecule has 0 radical (unpaired) electrons. The number of carbonyl (C=O) groups is 5. The van der Waals surface area contributed by atoms with Crippen molar-refractivity contribution in [2.45, 2.75) is 25.4 Å². The monoisotopic (exact) mass is 460 g/mol. The molecule has 0 aromatic heterocycles. The number of aldehydes is 1. The van der Waals surface area contributed by atoms with Gasteiger partial charge in [0.2, 0.25) is 11.8 Å². The SMILES string of the molecule is O=Cc1ccc(CN2CCN(c3cccc4c3C(=O)N(C3CCC(=O)NC3=O)C4=O)CC2)cc1. The van der Waals surface area contributed by atoms with E-state index in [-0.39, 0.29) is 12.8 Å². The van der Waals surface area contributed by atoms with Crippen molar-refractivity contribution in [2.24, 2.45) is 0 Å². The van der Waals surface area contributed by atoms with Crippen LogP contribution in [0.15, 0.2) is 42.5 Å². The molecule has 3 aliphatic rings. The predicted octanol–water partition coefficient (Wildman–Crippen LogP) is 1.22. The minimum absolute atomic E-state index is 0.0938. The number of hydrogen-bond donors (Lipinski definition) is 1. The molecule has 4 amide bonds. The number of carbonyl (C=O) groups excluding carboxylic acids is 5. The first kappa shape index (κ1) is 22.0. The average molecular weight is 460 g/mol. The molecule has 2 aromatic carbocycles. The molecular formula is C25H24N4O5. The Hall–Kier alpha value is -3.85. The van der Waals surface area contributed by atoms with E-state index < -0.39 is 29.7 Å². The number of piperazine rings is 1. The lowest BCUT2D eigenvalue weighted by molar-refractivity contribution is -0.136. The Labute approximate surface area is 196 Å². The molecule has 2 aromatic rings. The van der Waals surface area contributed by atoms with Crippen LogP contribution in [0.1, 0.15) is 49.5 Å². The van der Waals surface area contributed by atoms with E-state index in [9.17, 15) is 24.0 Å². The molecular weight excluding hydrogens is 436 g/mol. The third-order valence-corrected chi connectivity index (χ3v) is 6.68. The van der Waals surface area contributed by atoms with Crippen molar-refractivity contribution < 1.29 is 24.0 Å². The van der Waals surface area contributed by atoms with E-state index in [0.717, 1.165) is 36.4 Å². The summed E-state index contributed by atoms with van der Waals surface area (Å²) in [6, 6.07) is 11.8. The number of piperidine rings is 1. The Balaban J connectivity index is 1.30. The van der Waals surface area contributed by atoms with Crippen LogP contribution in [0.5, 0.6) is 0 Å². The van der Waals surface area contributed by atoms with Gasteiger partial charge in [0.1, 0.15) is 12.3 Å². The van der Waals surface area contributed by atoms with Crippen LogP contribution < -0.4 is 10.2 Å². The molecule has 1 N–H and O–H groups in total. The molecule has 5 rings (SSSR count). The molecule has 3 heterocycles. The van der Waals surface area contributed by atoms with E-state index in [0.29, 0.717) is 35.5 Å². The fraction of sp³-hybridized carbons (Fsp3) is 0.320. The Morgan fingerprint density at radius 2 is 1.65 bits per heavy atom. The van der Waals surface area contributed by atoms with Crippen molar-refractivity contribution in [2.75, 3.05) is 31.1 Å². The van der Waals surface area contributed by atoms with Crippen LogP contribution >= 0.6 is 0 Å². The van der Waals surface area contributed by atoms with Crippen LogP contribution in [0.3, 0.4) is 0 Å². The molecule has 9 nitrogen and oxygen atoms in total. The highest BCUT2D eigenvalue weighted by atomic mass is 16.2. The molecule has 1 unspecified atom stereocenters. The molecule has 2 saturated heterocycles. The van der Waals surface area contributed by atoms with Gasteiger partial charge in [-0.2, -0.15) is 0 Å².